The van der Waals surface area contributed by atoms with E-state index in [1.54, 1.807) is 13.1 Å². The van der Waals surface area contributed by atoms with Crippen molar-refractivity contribution in [2.45, 2.75) is 18.0 Å². The summed E-state index contributed by atoms with van der Waals surface area (Å²) in [6, 6.07) is 14.1. The largest absolute Gasteiger partial charge is 0.463 e. The van der Waals surface area contributed by atoms with Crippen LogP contribution in [0.25, 0.3) is 0 Å². The molecular formula is C19H19N3O3S. The molecule has 0 saturated heterocycles. The molecule has 0 fully saturated rings. The Labute approximate surface area is 156 Å². The average Bonchev–Trinajstić information content (AvgIpc) is 2.67. The van der Waals surface area contributed by atoms with Crippen LogP contribution >= 0.6 is 11.8 Å². The molecule has 6 nitrogen and oxygen atoms in total. The van der Waals surface area contributed by atoms with Crippen molar-refractivity contribution in [2.24, 2.45) is 0 Å². The van der Waals surface area contributed by atoms with E-state index in [4.69, 9.17) is 4.74 Å². The van der Waals surface area contributed by atoms with Gasteiger partial charge in [-0.2, -0.15) is 0 Å². The van der Waals surface area contributed by atoms with Gasteiger partial charge in [0.05, 0.1) is 23.2 Å². The molecule has 1 aliphatic heterocycles. The Bertz CT molecular complexity index is 809. The maximum Gasteiger partial charge on any atom is 0.338 e. The normalized spacial score (nSPS) is 16.7. The highest BCUT2D eigenvalue weighted by molar-refractivity contribution is 7.99. The standard InChI is InChI=1S/C19H19N3O3S/c1-2-25-18(23)16-14(12-26-15-10-6-7-11-20-15)21-19(24)22-17(16)13-8-4-3-5-9-13/h3-11,17H,2,12H2,1H3,(H2,21,22,24)/t17-/m0/s1. The number of carbonyl (C=O) groups excluding carboxylic acids is 2. The quantitative estimate of drug-likeness (QED) is 0.604. The van der Waals surface area contributed by atoms with Crippen molar-refractivity contribution in [3.05, 3.63) is 71.6 Å². The second-order valence-corrected chi connectivity index (χ2v) is 6.51. The molecule has 2 amide bonds. The number of hydrogen-bond donors (Lipinski definition) is 2. The third-order valence-electron chi connectivity index (χ3n) is 3.78. The molecule has 1 aromatic carbocycles. The zero-order valence-electron chi connectivity index (χ0n) is 14.3. The molecule has 1 aliphatic rings. The van der Waals surface area contributed by atoms with Crippen LogP contribution in [0.4, 0.5) is 4.79 Å². The number of thioether (sulfide) groups is 1. The van der Waals surface area contributed by atoms with Crippen LogP contribution in [-0.2, 0) is 9.53 Å². The Balaban J connectivity index is 1.95. The molecule has 26 heavy (non-hydrogen) atoms. The predicted molar refractivity (Wildman–Crippen MR) is 99.5 cm³/mol. The summed E-state index contributed by atoms with van der Waals surface area (Å²) in [5.74, 6) is -0.0347. The number of amides is 2. The number of urea groups is 1. The Morgan fingerprint density at radius 2 is 1.96 bits per heavy atom. The first kappa shape index (κ1) is 18.0. The third-order valence-corrected chi connectivity index (χ3v) is 4.75. The number of rotatable bonds is 6. The minimum Gasteiger partial charge on any atom is -0.463 e. The molecule has 2 aromatic rings. The fourth-order valence-electron chi connectivity index (χ4n) is 2.66. The Kier molecular flexibility index (Phi) is 5.91. The van der Waals surface area contributed by atoms with Crippen LogP contribution < -0.4 is 10.6 Å². The summed E-state index contributed by atoms with van der Waals surface area (Å²) >= 11 is 1.45. The van der Waals surface area contributed by atoms with Crippen molar-refractivity contribution in [3.8, 4) is 0 Å². The lowest BCUT2D eigenvalue weighted by Crippen LogP contribution is -2.46. The monoisotopic (exact) mass is 369 g/mol. The minimum atomic E-state index is -0.552. The molecule has 1 atom stereocenters. The summed E-state index contributed by atoms with van der Waals surface area (Å²) in [5, 5.41) is 6.38. The molecule has 2 N–H and O–H groups in total. The number of nitrogens with zero attached hydrogens (tertiary/aromatic N) is 1. The Hall–Kier alpha value is -2.80. The van der Waals surface area contributed by atoms with E-state index >= 15 is 0 Å². The van der Waals surface area contributed by atoms with E-state index in [-0.39, 0.29) is 12.6 Å². The van der Waals surface area contributed by atoms with Gasteiger partial charge in [-0.3, -0.25) is 0 Å². The number of carbonyl (C=O) groups is 2. The highest BCUT2D eigenvalue weighted by atomic mass is 32.2. The van der Waals surface area contributed by atoms with Crippen molar-refractivity contribution in [2.75, 3.05) is 12.4 Å². The van der Waals surface area contributed by atoms with Gasteiger partial charge in [0.1, 0.15) is 0 Å². The molecule has 1 aromatic heterocycles. The molecule has 134 valence electrons. The zero-order chi connectivity index (χ0) is 18.4. The third kappa shape index (κ3) is 4.23. The van der Waals surface area contributed by atoms with Crippen molar-refractivity contribution in [3.63, 3.8) is 0 Å². The molecule has 7 heteroatoms. The molecule has 2 heterocycles. The molecule has 0 aliphatic carbocycles. The van der Waals surface area contributed by atoms with E-state index in [1.807, 2.05) is 48.5 Å². The van der Waals surface area contributed by atoms with Gasteiger partial charge >= 0.3 is 12.0 Å². The number of nitrogens with one attached hydrogen (secondary N) is 2. The van der Waals surface area contributed by atoms with Gasteiger partial charge in [0, 0.05) is 17.6 Å². The maximum atomic E-state index is 12.6. The van der Waals surface area contributed by atoms with Gasteiger partial charge in [0.25, 0.3) is 0 Å². The number of benzene rings is 1. The molecule has 0 bridgehead atoms. The van der Waals surface area contributed by atoms with Crippen LogP contribution in [0.2, 0.25) is 0 Å². The highest BCUT2D eigenvalue weighted by Gasteiger charge is 2.33. The van der Waals surface area contributed by atoms with Crippen molar-refractivity contribution >= 4 is 23.8 Å². The number of pyridine rings is 1. The summed E-state index contributed by atoms with van der Waals surface area (Å²) in [5.41, 5.74) is 1.78. The topological polar surface area (TPSA) is 80.3 Å². The number of hydrogen-bond acceptors (Lipinski definition) is 5. The van der Waals surface area contributed by atoms with Gasteiger partial charge in [-0.15, -0.1) is 11.8 Å². The van der Waals surface area contributed by atoms with Crippen LogP contribution in [0.1, 0.15) is 18.5 Å². The lowest BCUT2D eigenvalue weighted by atomic mass is 9.95. The van der Waals surface area contributed by atoms with E-state index in [0.717, 1.165) is 10.6 Å². The zero-order valence-corrected chi connectivity index (χ0v) is 15.1. The summed E-state index contributed by atoms with van der Waals surface area (Å²) in [4.78, 5) is 29.0. The first-order valence-electron chi connectivity index (χ1n) is 8.25. The van der Waals surface area contributed by atoms with Gasteiger partial charge in [-0.05, 0) is 24.6 Å². The van der Waals surface area contributed by atoms with Crippen LogP contribution in [0.5, 0.6) is 0 Å². The van der Waals surface area contributed by atoms with E-state index < -0.39 is 12.0 Å². The molecule has 0 saturated carbocycles. The lowest BCUT2D eigenvalue weighted by Gasteiger charge is -2.29. The van der Waals surface area contributed by atoms with Gasteiger partial charge in [-0.1, -0.05) is 36.4 Å². The molecule has 0 radical (unpaired) electrons. The average molecular weight is 369 g/mol. The molecule has 0 unspecified atom stereocenters. The summed E-state index contributed by atoms with van der Waals surface area (Å²) in [6.45, 7) is 2.02. The fourth-order valence-corrected chi connectivity index (χ4v) is 3.49. The number of esters is 1. The van der Waals surface area contributed by atoms with Crippen molar-refractivity contribution in [1.29, 1.82) is 0 Å². The second-order valence-electron chi connectivity index (χ2n) is 5.51. The summed E-state index contributed by atoms with van der Waals surface area (Å²) in [7, 11) is 0. The SMILES string of the molecule is CCOC(=O)C1=C(CSc2ccccn2)NC(=O)N[C@H]1c1ccccc1. The smallest absolute Gasteiger partial charge is 0.338 e. The Morgan fingerprint density at radius 3 is 2.65 bits per heavy atom. The predicted octanol–water partition coefficient (Wildman–Crippen LogP) is 3.05. The maximum absolute atomic E-state index is 12.6. The van der Waals surface area contributed by atoms with E-state index in [1.165, 1.54) is 11.8 Å². The van der Waals surface area contributed by atoms with Gasteiger partial charge in [0.15, 0.2) is 0 Å². The van der Waals surface area contributed by atoms with Gasteiger partial charge in [-0.25, -0.2) is 14.6 Å². The van der Waals surface area contributed by atoms with Crippen molar-refractivity contribution in [1.82, 2.24) is 15.6 Å². The van der Waals surface area contributed by atoms with E-state index in [2.05, 4.69) is 15.6 Å². The summed E-state index contributed by atoms with van der Waals surface area (Å²) in [6.07, 6.45) is 1.71. The van der Waals surface area contributed by atoms with Crippen LogP contribution in [0.3, 0.4) is 0 Å². The van der Waals surface area contributed by atoms with Crippen LogP contribution in [0, 0.1) is 0 Å². The van der Waals surface area contributed by atoms with Gasteiger partial charge < -0.3 is 15.4 Å². The number of ether oxygens (including phenoxy) is 1. The van der Waals surface area contributed by atoms with Gasteiger partial charge in [0.2, 0.25) is 0 Å². The van der Waals surface area contributed by atoms with E-state index in [9.17, 15) is 9.59 Å². The lowest BCUT2D eigenvalue weighted by molar-refractivity contribution is -0.139. The second kappa shape index (κ2) is 8.53. The van der Waals surface area contributed by atoms with Crippen molar-refractivity contribution < 1.29 is 14.3 Å². The van der Waals surface area contributed by atoms with Crippen LogP contribution in [0.15, 0.2) is 71.0 Å². The molecule has 3 rings (SSSR count). The summed E-state index contributed by atoms with van der Waals surface area (Å²) < 4.78 is 5.24. The minimum absolute atomic E-state index is 0.262. The molecular weight excluding hydrogens is 350 g/mol. The Morgan fingerprint density at radius 1 is 1.19 bits per heavy atom. The molecule has 0 spiro atoms. The number of aromatic nitrogens is 1. The fraction of sp³-hybridized carbons (Fsp3) is 0.211. The first-order chi connectivity index (χ1) is 12.7. The van der Waals surface area contributed by atoms with Crippen LogP contribution in [-0.4, -0.2) is 29.3 Å². The first-order valence-corrected chi connectivity index (χ1v) is 9.24. The highest BCUT2D eigenvalue weighted by Crippen LogP contribution is 2.30. The van der Waals surface area contributed by atoms with E-state index in [0.29, 0.717) is 17.0 Å².